The maximum absolute atomic E-state index is 10.7. The highest BCUT2D eigenvalue weighted by Gasteiger charge is 2.24. The van der Waals surface area contributed by atoms with Crippen LogP contribution >= 0.6 is 12.4 Å². The summed E-state index contributed by atoms with van der Waals surface area (Å²) in [6.07, 6.45) is 1.33. The van der Waals surface area contributed by atoms with Gasteiger partial charge in [-0.1, -0.05) is 38.1 Å². The van der Waals surface area contributed by atoms with Crippen molar-refractivity contribution in [3.8, 4) is 5.75 Å². The summed E-state index contributed by atoms with van der Waals surface area (Å²) in [5, 5.41) is 10.7. The SMILES string of the molecule is CC(C)c1ccc(OCC(O)Cn2c(C3CCOCC3)nc3ccccc32)cc1.Cl. The van der Waals surface area contributed by atoms with Crippen LogP contribution in [0.1, 0.15) is 49.9 Å². The first-order valence-corrected chi connectivity index (χ1v) is 10.6. The maximum Gasteiger partial charge on any atom is 0.119 e. The fourth-order valence-electron chi connectivity index (χ4n) is 3.96. The predicted molar refractivity (Wildman–Crippen MR) is 122 cm³/mol. The van der Waals surface area contributed by atoms with Gasteiger partial charge >= 0.3 is 0 Å². The van der Waals surface area contributed by atoms with Crippen LogP contribution in [0.3, 0.4) is 0 Å². The Labute approximate surface area is 184 Å². The number of nitrogens with zero attached hydrogens (tertiary/aromatic N) is 2. The number of benzene rings is 2. The standard InChI is InChI=1S/C24H30N2O3.ClH/c1-17(2)18-7-9-21(10-8-18)29-16-20(27)15-26-23-6-4-3-5-22(23)25-24(26)19-11-13-28-14-12-19;/h3-10,17,19-20,27H,11-16H2,1-2H3;1H. The number of hydrogen-bond acceptors (Lipinski definition) is 4. The molecule has 1 aromatic heterocycles. The molecule has 1 fully saturated rings. The summed E-state index contributed by atoms with van der Waals surface area (Å²) in [5.74, 6) is 2.70. The quantitative estimate of drug-likeness (QED) is 0.578. The van der Waals surface area contributed by atoms with Gasteiger partial charge in [-0.3, -0.25) is 0 Å². The van der Waals surface area contributed by atoms with Crippen molar-refractivity contribution in [1.82, 2.24) is 9.55 Å². The molecular weight excluding hydrogens is 400 g/mol. The third kappa shape index (κ3) is 5.15. The summed E-state index contributed by atoms with van der Waals surface area (Å²) in [6, 6.07) is 16.3. The lowest BCUT2D eigenvalue weighted by Gasteiger charge is -2.23. The predicted octanol–water partition coefficient (Wildman–Crippen LogP) is 4.92. The van der Waals surface area contributed by atoms with Crippen LogP contribution in [0.4, 0.5) is 0 Å². The van der Waals surface area contributed by atoms with Crippen LogP contribution in [0.15, 0.2) is 48.5 Å². The number of aliphatic hydroxyl groups excluding tert-OH is 1. The largest absolute Gasteiger partial charge is 0.491 e. The number of fused-ring (bicyclic) bond motifs is 1. The van der Waals surface area contributed by atoms with E-state index in [0.29, 0.717) is 18.4 Å². The van der Waals surface area contributed by atoms with Gasteiger partial charge in [0.15, 0.2) is 0 Å². The lowest BCUT2D eigenvalue weighted by Crippen LogP contribution is -2.26. The Morgan fingerprint density at radius 3 is 2.50 bits per heavy atom. The van der Waals surface area contributed by atoms with Crippen LogP contribution in [0, 0.1) is 0 Å². The van der Waals surface area contributed by atoms with Gasteiger partial charge in [0.1, 0.15) is 24.3 Å². The van der Waals surface area contributed by atoms with E-state index in [4.69, 9.17) is 14.5 Å². The molecule has 1 aliphatic heterocycles. The van der Waals surface area contributed by atoms with E-state index in [1.165, 1.54) is 5.56 Å². The maximum atomic E-state index is 10.7. The molecular formula is C24H31ClN2O3. The molecule has 0 amide bonds. The minimum absolute atomic E-state index is 0. The summed E-state index contributed by atoms with van der Waals surface area (Å²) in [6.45, 7) is 6.60. The van der Waals surface area contributed by atoms with Crippen molar-refractivity contribution < 1.29 is 14.6 Å². The first-order valence-electron chi connectivity index (χ1n) is 10.6. The first kappa shape index (κ1) is 22.6. The van der Waals surface area contributed by atoms with Crippen molar-refractivity contribution in [2.24, 2.45) is 0 Å². The third-order valence-electron chi connectivity index (χ3n) is 5.65. The van der Waals surface area contributed by atoms with E-state index in [0.717, 1.165) is 48.7 Å². The number of aromatic nitrogens is 2. The molecule has 30 heavy (non-hydrogen) atoms. The number of aliphatic hydroxyl groups is 1. The summed E-state index contributed by atoms with van der Waals surface area (Å²) in [5.41, 5.74) is 3.32. The Morgan fingerprint density at radius 1 is 1.10 bits per heavy atom. The van der Waals surface area contributed by atoms with Crippen molar-refractivity contribution in [3.63, 3.8) is 0 Å². The summed E-state index contributed by atoms with van der Waals surface area (Å²) < 4.78 is 13.5. The highest BCUT2D eigenvalue weighted by Crippen LogP contribution is 2.29. The summed E-state index contributed by atoms with van der Waals surface area (Å²) >= 11 is 0. The third-order valence-corrected chi connectivity index (χ3v) is 5.65. The van der Waals surface area contributed by atoms with Gasteiger partial charge in [-0.2, -0.15) is 0 Å². The van der Waals surface area contributed by atoms with Gasteiger partial charge in [-0.25, -0.2) is 4.98 Å². The zero-order valence-corrected chi connectivity index (χ0v) is 18.5. The Balaban J connectivity index is 0.00000256. The molecule has 1 aliphatic rings. The minimum atomic E-state index is -0.615. The van der Waals surface area contributed by atoms with Crippen molar-refractivity contribution in [2.45, 2.75) is 51.2 Å². The summed E-state index contributed by atoms with van der Waals surface area (Å²) in [4.78, 5) is 4.89. The number of imidazole rings is 1. The molecule has 1 N–H and O–H groups in total. The Bertz CT molecular complexity index is 933. The van der Waals surface area contributed by atoms with E-state index in [-0.39, 0.29) is 19.0 Å². The number of rotatable bonds is 7. The Morgan fingerprint density at radius 2 is 1.80 bits per heavy atom. The van der Waals surface area contributed by atoms with E-state index >= 15 is 0 Å². The topological polar surface area (TPSA) is 56.5 Å². The second-order valence-electron chi connectivity index (χ2n) is 8.14. The number of ether oxygens (including phenoxy) is 2. The van der Waals surface area contributed by atoms with Crippen LogP contribution in [0.2, 0.25) is 0 Å². The molecule has 1 atom stereocenters. The molecule has 0 saturated carbocycles. The van der Waals surface area contributed by atoms with Gasteiger partial charge in [0, 0.05) is 19.1 Å². The molecule has 1 saturated heterocycles. The molecule has 0 spiro atoms. The van der Waals surface area contributed by atoms with E-state index < -0.39 is 6.10 Å². The number of para-hydroxylation sites is 2. The fourth-order valence-corrected chi connectivity index (χ4v) is 3.96. The molecule has 162 valence electrons. The molecule has 0 bridgehead atoms. The van der Waals surface area contributed by atoms with Gasteiger partial charge in [0.05, 0.1) is 17.6 Å². The molecule has 5 nitrogen and oxygen atoms in total. The zero-order valence-electron chi connectivity index (χ0n) is 17.7. The molecule has 2 aromatic carbocycles. The fraction of sp³-hybridized carbons (Fsp3) is 0.458. The smallest absolute Gasteiger partial charge is 0.119 e. The summed E-state index contributed by atoms with van der Waals surface area (Å²) in [7, 11) is 0. The van der Waals surface area contributed by atoms with Crippen LogP contribution in [-0.4, -0.2) is 40.6 Å². The van der Waals surface area contributed by atoms with Gasteiger partial charge in [-0.05, 0) is 48.6 Å². The number of halogens is 1. The highest BCUT2D eigenvalue weighted by molar-refractivity contribution is 5.85. The van der Waals surface area contributed by atoms with Gasteiger partial charge in [0.25, 0.3) is 0 Å². The lowest BCUT2D eigenvalue weighted by molar-refractivity contribution is 0.0780. The van der Waals surface area contributed by atoms with Crippen LogP contribution in [0.5, 0.6) is 5.75 Å². The van der Waals surface area contributed by atoms with Crippen molar-refractivity contribution in [1.29, 1.82) is 0 Å². The molecule has 0 aliphatic carbocycles. The molecule has 1 unspecified atom stereocenters. The van der Waals surface area contributed by atoms with E-state index in [1.54, 1.807) is 0 Å². The van der Waals surface area contributed by atoms with Crippen molar-refractivity contribution >= 4 is 23.4 Å². The zero-order chi connectivity index (χ0) is 20.2. The normalized spacial score (nSPS) is 15.9. The van der Waals surface area contributed by atoms with Gasteiger partial charge in [0.2, 0.25) is 0 Å². The molecule has 2 heterocycles. The average Bonchev–Trinajstić information content (AvgIpc) is 3.11. The minimum Gasteiger partial charge on any atom is -0.491 e. The van der Waals surface area contributed by atoms with Crippen molar-refractivity contribution in [2.75, 3.05) is 19.8 Å². The monoisotopic (exact) mass is 430 g/mol. The highest BCUT2D eigenvalue weighted by atomic mass is 35.5. The Hall–Kier alpha value is -2.08. The first-order chi connectivity index (χ1) is 14.1. The van der Waals surface area contributed by atoms with E-state index in [2.05, 4.69) is 36.6 Å². The van der Waals surface area contributed by atoms with Crippen LogP contribution in [-0.2, 0) is 11.3 Å². The van der Waals surface area contributed by atoms with Gasteiger partial charge in [-0.15, -0.1) is 12.4 Å². The van der Waals surface area contributed by atoms with Crippen molar-refractivity contribution in [3.05, 3.63) is 59.9 Å². The second-order valence-corrected chi connectivity index (χ2v) is 8.14. The van der Waals surface area contributed by atoms with Crippen LogP contribution < -0.4 is 4.74 Å². The van der Waals surface area contributed by atoms with E-state index in [1.807, 2.05) is 30.3 Å². The second kappa shape index (κ2) is 10.3. The molecule has 0 radical (unpaired) electrons. The number of hydrogen-bond donors (Lipinski definition) is 1. The average molecular weight is 431 g/mol. The molecule has 3 aromatic rings. The Kier molecular flexibility index (Phi) is 7.75. The molecule has 4 rings (SSSR count). The van der Waals surface area contributed by atoms with Gasteiger partial charge < -0.3 is 19.1 Å². The lowest BCUT2D eigenvalue weighted by atomic mass is 9.99. The van der Waals surface area contributed by atoms with E-state index in [9.17, 15) is 5.11 Å². The van der Waals surface area contributed by atoms with Crippen LogP contribution in [0.25, 0.3) is 11.0 Å². The molecule has 6 heteroatoms.